The molecule has 2 aliphatic rings. The van der Waals surface area contributed by atoms with Gasteiger partial charge in [-0.1, -0.05) is 11.6 Å². The molecule has 6 atom stereocenters. The Balaban J connectivity index is 2.13. The van der Waals surface area contributed by atoms with Crippen molar-refractivity contribution >= 4 is 23.5 Å². The van der Waals surface area contributed by atoms with Crippen LogP contribution in [-0.2, 0) is 23.8 Å². The number of halogens is 1. The summed E-state index contributed by atoms with van der Waals surface area (Å²) in [5.74, 6) is -1.83. The number of hydrogen-bond donors (Lipinski definition) is 2. The van der Waals surface area contributed by atoms with Gasteiger partial charge in [-0.25, -0.2) is 0 Å². The first kappa shape index (κ1) is 24.1. The van der Waals surface area contributed by atoms with E-state index in [-0.39, 0.29) is 31.2 Å². The van der Waals surface area contributed by atoms with Crippen LogP contribution >= 0.6 is 11.6 Å². The molecule has 0 amide bonds. The lowest BCUT2D eigenvalue weighted by atomic mass is 9.66. The molecule has 1 saturated heterocycles. The molecule has 0 spiro atoms. The summed E-state index contributed by atoms with van der Waals surface area (Å²) in [6.45, 7) is 5.99. The molecule has 7 nitrogen and oxygen atoms in total. The number of hydrogen-bond acceptors (Lipinski definition) is 6. The molecule has 29 heavy (non-hydrogen) atoms. The van der Waals surface area contributed by atoms with Crippen LogP contribution in [-0.4, -0.2) is 64.7 Å². The zero-order valence-electron chi connectivity index (χ0n) is 17.7. The minimum atomic E-state index is -1.19. The van der Waals surface area contributed by atoms with Crippen LogP contribution < -0.4 is 0 Å². The molecule has 8 heteroatoms. The molecular formula is C21H33ClO7. The minimum Gasteiger partial charge on any atom is -0.481 e. The Morgan fingerprint density at radius 2 is 2.00 bits per heavy atom. The lowest BCUT2D eigenvalue weighted by molar-refractivity contribution is -0.192. The van der Waals surface area contributed by atoms with Crippen molar-refractivity contribution in [2.24, 2.45) is 5.92 Å². The summed E-state index contributed by atoms with van der Waals surface area (Å²) in [4.78, 5) is 22.8. The Hall–Kier alpha value is -1.15. The number of aliphatic hydroxyl groups is 1. The summed E-state index contributed by atoms with van der Waals surface area (Å²) in [6.07, 6.45) is 2.58. The normalized spacial score (nSPS) is 36.3. The molecule has 0 aromatic carbocycles. The fourth-order valence-electron chi connectivity index (χ4n) is 4.44. The van der Waals surface area contributed by atoms with Crippen molar-refractivity contribution in [2.45, 2.75) is 88.8 Å². The number of ether oxygens (including phenoxy) is 3. The van der Waals surface area contributed by atoms with Gasteiger partial charge in [0, 0.05) is 20.0 Å². The van der Waals surface area contributed by atoms with Crippen LogP contribution in [0.4, 0.5) is 0 Å². The van der Waals surface area contributed by atoms with Crippen LogP contribution in [0, 0.1) is 5.92 Å². The lowest BCUT2D eigenvalue weighted by Crippen LogP contribution is -2.61. The second-order valence-corrected chi connectivity index (χ2v) is 8.80. The Morgan fingerprint density at radius 3 is 2.55 bits per heavy atom. The fourth-order valence-corrected chi connectivity index (χ4v) is 4.74. The van der Waals surface area contributed by atoms with Gasteiger partial charge in [0.15, 0.2) is 0 Å². The van der Waals surface area contributed by atoms with Gasteiger partial charge in [-0.3, -0.25) is 9.59 Å². The van der Waals surface area contributed by atoms with Crippen molar-refractivity contribution in [1.82, 2.24) is 0 Å². The Labute approximate surface area is 177 Å². The van der Waals surface area contributed by atoms with Crippen molar-refractivity contribution in [3.05, 3.63) is 11.6 Å². The van der Waals surface area contributed by atoms with Gasteiger partial charge in [-0.05, 0) is 46.5 Å². The number of aliphatic carboxylic acids is 1. The van der Waals surface area contributed by atoms with E-state index in [2.05, 4.69) is 6.08 Å². The van der Waals surface area contributed by atoms with E-state index in [0.29, 0.717) is 12.8 Å². The average Bonchev–Trinajstić information content (AvgIpc) is 3.31. The molecule has 0 aromatic heterocycles. The van der Waals surface area contributed by atoms with E-state index in [9.17, 15) is 14.7 Å². The third-order valence-electron chi connectivity index (χ3n) is 6.03. The first-order valence-electron chi connectivity index (χ1n) is 10.1. The van der Waals surface area contributed by atoms with Gasteiger partial charge in [-0.15, -0.1) is 11.6 Å². The number of carbonyl (C=O) groups is 2. The van der Waals surface area contributed by atoms with Crippen LogP contribution in [0.2, 0.25) is 0 Å². The highest BCUT2D eigenvalue weighted by atomic mass is 35.5. The Morgan fingerprint density at radius 1 is 1.31 bits per heavy atom. The Kier molecular flexibility index (Phi) is 8.13. The van der Waals surface area contributed by atoms with Gasteiger partial charge < -0.3 is 24.4 Å². The maximum absolute atomic E-state index is 12.2. The third kappa shape index (κ3) is 5.72. The number of esters is 1. The average molecular weight is 433 g/mol. The van der Waals surface area contributed by atoms with Crippen molar-refractivity contribution in [2.75, 3.05) is 13.0 Å². The Bertz CT molecular complexity index is 633. The topological polar surface area (TPSA) is 106 Å². The zero-order chi connectivity index (χ0) is 21.8. The highest BCUT2D eigenvalue weighted by Crippen LogP contribution is 2.54. The molecule has 1 heterocycles. The van der Waals surface area contributed by atoms with Crippen LogP contribution in [0.1, 0.15) is 59.3 Å². The quantitative estimate of drug-likeness (QED) is 0.236. The van der Waals surface area contributed by atoms with Gasteiger partial charge in [0.05, 0.1) is 23.5 Å². The number of allylic oxidation sites excluding steroid dienone is 1. The predicted octanol–water partition coefficient (Wildman–Crippen LogP) is 3.06. The molecule has 0 bridgehead atoms. The van der Waals surface area contributed by atoms with Crippen molar-refractivity contribution in [3.8, 4) is 0 Å². The molecule has 2 fully saturated rings. The van der Waals surface area contributed by atoms with Crippen LogP contribution in [0.15, 0.2) is 11.6 Å². The molecule has 0 aromatic rings. The number of carbonyl (C=O) groups excluding carboxylic acids is 1. The van der Waals surface area contributed by atoms with E-state index >= 15 is 0 Å². The number of epoxide rings is 1. The summed E-state index contributed by atoms with van der Waals surface area (Å²) in [5, 5.41) is 20.0. The molecule has 2 rings (SSSR count). The molecule has 1 aliphatic carbocycles. The second kappa shape index (κ2) is 9.77. The number of carboxylic acids is 1. The summed E-state index contributed by atoms with van der Waals surface area (Å²) >= 11 is 6.16. The second-order valence-electron chi connectivity index (χ2n) is 8.54. The molecule has 1 aliphatic heterocycles. The van der Waals surface area contributed by atoms with E-state index < -0.39 is 41.3 Å². The van der Waals surface area contributed by atoms with Gasteiger partial charge >= 0.3 is 11.9 Å². The molecule has 0 radical (unpaired) electrons. The lowest BCUT2D eigenvalue weighted by Gasteiger charge is -2.48. The van der Waals surface area contributed by atoms with Crippen molar-refractivity contribution in [3.63, 3.8) is 0 Å². The molecule has 0 unspecified atom stereocenters. The number of methoxy groups -OCH3 is 1. The van der Waals surface area contributed by atoms with E-state index in [4.69, 9.17) is 30.9 Å². The largest absolute Gasteiger partial charge is 0.481 e. The summed E-state index contributed by atoms with van der Waals surface area (Å²) in [7, 11) is 1.53. The van der Waals surface area contributed by atoms with Crippen LogP contribution in [0.25, 0.3) is 0 Å². The van der Waals surface area contributed by atoms with E-state index in [1.165, 1.54) is 12.7 Å². The van der Waals surface area contributed by atoms with Crippen molar-refractivity contribution in [1.29, 1.82) is 0 Å². The zero-order valence-corrected chi connectivity index (χ0v) is 18.4. The molecule has 2 N–H and O–H groups in total. The summed E-state index contributed by atoms with van der Waals surface area (Å²) in [6, 6.07) is 0. The first-order chi connectivity index (χ1) is 13.6. The van der Waals surface area contributed by atoms with Gasteiger partial charge in [0.1, 0.15) is 17.8 Å². The van der Waals surface area contributed by atoms with E-state index in [1.54, 1.807) is 0 Å². The van der Waals surface area contributed by atoms with E-state index in [0.717, 1.165) is 6.42 Å². The standard InChI is InChI=1S/C21H33ClO7/c1-13(2)8-9-15-20(3,29-15)19-18(27-4)14(10-11-21(19,26)12-22)28-17(25)7-5-6-16(23)24/h8,14-15,18-19,26H,5-7,9-12H2,1-4H3,(H,23,24)/t14-,15-,18-,19-,20+,21+/m1/s1. The highest BCUT2D eigenvalue weighted by molar-refractivity contribution is 6.18. The van der Waals surface area contributed by atoms with Crippen LogP contribution in [0.3, 0.4) is 0 Å². The molecule has 166 valence electrons. The highest BCUT2D eigenvalue weighted by Gasteiger charge is 2.67. The predicted molar refractivity (Wildman–Crippen MR) is 108 cm³/mol. The number of rotatable bonds is 10. The molecule has 1 saturated carbocycles. The smallest absolute Gasteiger partial charge is 0.306 e. The van der Waals surface area contributed by atoms with E-state index in [1.807, 2.05) is 20.8 Å². The first-order valence-corrected chi connectivity index (χ1v) is 10.6. The monoisotopic (exact) mass is 432 g/mol. The van der Waals surface area contributed by atoms with Crippen molar-refractivity contribution < 1.29 is 34.0 Å². The maximum atomic E-state index is 12.2. The maximum Gasteiger partial charge on any atom is 0.306 e. The minimum absolute atomic E-state index is 0.0284. The SMILES string of the molecule is CO[C@@H]1[C@H](OC(=O)CCCC(=O)O)CC[C@](O)(CCl)[C@H]1[C@@]1(C)O[C@@H]1CC=C(C)C. The summed E-state index contributed by atoms with van der Waals surface area (Å²) in [5.41, 5.74) is -0.635. The number of carboxylic acid groups (broad SMARTS) is 1. The fraction of sp³-hybridized carbons (Fsp3) is 0.810. The van der Waals surface area contributed by atoms with Gasteiger partial charge in [0.25, 0.3) is 0 Å². The van der Waals surface area contributed by atoms with Gasteiger partial charge in [-0.2, -0.15) is 0 Å². The van der Waals surface area contributed by atoms with Crippen LogP contribution in [0.5, 0.6) is 0 Å². The van der Waals surface area contributed by atoms with Gasteiger partial charge in [0.2, 0.25) is 0 Å². The molecular weight excluding hydrogens is 400 g/mol. The summed E-state index contributed by atoms with van der Waals surface area (Å²) < 4.78 is 17.4. The number of alkyl halides is 1. The third-order valence-corrected chi connectivity index (χ3v) is 6.49.